The van der Waals surface area contributed by atoms with Gasteiger partial charge in [0.05, 0.1) is 0 Å². The van der Waals surface area contributed by atoms with E-state index >= 15 is 0 Å². The molecule has 0 heterocycles. The Labute approximate surface area is 39.8 Å². The van der Waals surface area contributed by atoms with Crippen LogP contribution in [0.15, 0.2) is 0 Å². The molecule has 0 saturated carbocycles. The maximum Gasteiger partial charge on any atom is 2.00 e. The van der Waals surface area contributed by atoms with Crippen molar-refractivity contribution in [2.75, 3.05) is 0 Å². The van der Waals surface area contributed by atoms with Gasteiger partial charge in [0.1, 0.15) is 0 Å². The van der Waals surface area contributed by atoms with Gasteiger partial charge in [-0.25, -0.2) is 0 Å². The second-order valence-electron chi connectivity index (χ2n) is 0.447. The summed E-state index contributed by atoms with van der Waals surface area (Å²) in [7, 11) is -5.39. The van der Waals surface area contributed by atoms with E-state index in [1.54, 1.807) is 0 Å². The van der Waals surface area contributed by atoms with Crippen LogP contribution < -0.4 is 14.7 Å². The van der Waals surface area contributed by atoms with E-state index in [2.05, 4.69) is 0 Å². The van der Waals surface area contributed by atoms with Gasteiger partial charge < -0.3 is 19.2 Å². The molecule has 0 aliphatic rings. The van der Waals surface area contributed by atoms with E-state index in [1.165, 1.54) is 0 Å². The first kappa shape index (κ1) is 9.56. The van der Waals surface area contributed by atoms with Crippen LogP contribution in [0, 0.1) is 0 Å². The van der Waals surface area contributed by atoms with Gasteiger partial charge in [-0.05, 0) is 0 Å². The molecule has 0 unspecified atom stereocenters. The monoisotopic (exact) mass is 105 g/mol. The first-order valence-corrected chi connectivity index (χ1v) is 2.19. The minimum atomic E-state index is -5.39. The first-order chi connectivity index (χ1) is 2.00. The zero-order valence-electron chi connectivity index (χ0n) is 3.79. The van der Waals surface area contributed by atoms with Crippen molar-refractivity contribution in [3.8, 4) is 0 Å². The summed E-state index contributed by atoms with van der Waals surface area (Å²) < 4.78 is 8.55. The smallest absolute Gasteiger partial charge is 0.822 e. The number of rotatable bonds is 0. The third-order valence-corrected chi connectivity index (χ3v) is 0. The molecule has 32 valence electrons. The topological polar surface area (TPSA) is 86.2 Å². The molecular formula is HBeO4P. The molecule has 0 aliphatic carbocycles. The standard InChI is InChI=1S/Be.H3O4P/c;1-5(2,3)4/h;(H3,1,2,3,4)/q+2;/p-2. The van der Waals surface area contributed by atoms with Crippen molar-refractivity contribution in [1.29, 1.82) is 0 Å². The summed E-state index contributed by atoms with van der Waals surface area (Å²) in [5.74, 6) is 0. The zero-order chi connectivity index (χ0) is 4.50. The molecule has 0 spiro atoms. The van der Waals surface area contributed by atoms with Crippen molar-refractivity contribution in [3.05, 3.63) is 0 Å². The van der Waals surface area contributed by atoms with Crippen LogP contribution in [0.2, 0.25) is 0 Å². The molecule has 0 amide bonds. The molecular weight excluding hydrogens is 104 g/mol. The van der Waals surface area contributed by atoms with Gasteiger partial charge in [-0.15, -0.1) is 0 Å². The second-order valence-corrected chi connectivity index (χ2v) is 1.34. The minimum Gasteiger partial charge on any atom is -0.822 e. The van der Waals surface area contributed by atoms with Gasteiger partial charge in [0.15, 0.2) is 0 Å². The van der Waals surface area contributed by atoms with Crippen LogP contribution in [0.3, 0.4) is 0 Å². The number of phosphoric acid groups is 1. The van der Waals surface area contributed by atoms with Gasteiger partial charge in [-0.3, -0.25) is 0 Å². The fourth-order valence-corrected chi connectivity index (χ4v) is 0. The van der Waals surface area contributed by atoms with Crippen molar-refractivity contribution in [1.82, 2.24) is 0 Å². The SMILES string of the molecule is O=P([O-])([O-])[O-].[Be+2].[H+]. The van der Waals surface area contributed by atoms with E-state index in [1.807, 2.05) is 0 Å². The molecule has 0 fully saturated rings. The predicted octanol–water partition coefficient (Wildman–Crippen LogP) is -3.09. The van der Waals surface area contributed by atoms with Crippen LogP contribution in [0.25, 0.3) is 0 Å². The fraction of sp³-hybridized carbons (Fsp3) is 0. The van der Waals surface area contributed by atoms with Crippen molar-refractivity contribution < 1.29 is 20.7 Å². The summed E-state index contributed by atoms with van der Waals surface area (Å²) in [6.45, 7) is 0. The fourth-order valence-electron chi connectivity index (χ4n) is 0. The van der Waals surface area contributed by atoms with E-state index in [4.69, 9.17) is 19.2 Å². The molecule has 0 aliphatic heterocycles. The predicted molar refractivity (Wildman–Crippen MR) is 14.5 cm³/mol. The van der Waals surface area contributed by atoms with Crippen molar-refractivity contribution in [2.45, 2.75) is 0 Å². The van der Waals surface area contributed by atoms with Crippen molar-refractivity contribution >= 4 is 17.9 Å². The third-order valence-electron chi connectivity index (χ3n) is 0. The van der Waals surface area contributed by atoms with Crippen LogP contribution in [-0.4, -0.2) is 10.1 Å². The largest absolute Gasteiger partial charge is 2.00 e. The molecule has 6 heavy (non-hydrogen) atoms. The number of hydrogen-bond acceptors (Lipinski definition) is 4. The molecule has 0 aromatic rings. The second kappa shape index (κ2) is 2.45. The summed E-state index contributed by atoms with van der Waals surface area (Å²) >= 11 is 0. The quantitative estimate of drug-likeness (QED) is 0.241. The van der Waals surface area contributed by atoms with Crippen molar-refractivity contribution in [2.24, 2.45) is 0 Å². The average Bonchev–Trinajstić information content (AvgIpc) is 0.722. The van der Waals surface area contributed by atoms with Crippen LogP contribution in [-0.2, 0) is 4.57 Å². The minimum absolute atomic E-state index is 0. The Morgan fingerprint density at radius 2 is 1.33 bits per heavy atom. The summed E-state index contributed by atoms with van der Waals surface area (Å²) in [5, 5.41) is 0. The normalized spacial score (nSPS) is 9.83. The Morgan fingerprint density at radius 1 is 1.33 bits per heavy atom. The Balaban J connectivity index is -0.0000000800. The molecule has 0 rings (SSSR count). The molecule has 0 radical (unpaired) electrons. The van der Waals surface area contributed by atoms with E-state index < -0.39 is 7.82 Å². The summed E-state index contributed by atoms with van der Waals surface area (Å²) in [4.78, 5) is 25.6. The Bertz CT molecular complexity index is 57.8. The summed E-state index contributed by atoms with van der Waals surface area (Å²) in [5.41, 5.74) is 0. The van der Waals surface area contributed by atoms with Crippen LogP contribution in [0.4, 0.5) is 0 Å². The molecule has 0 aromatic carbocycles. The Kier molecular flexibility index (Phi) is 3.90. The van der Waals surface area contributed by atoms with Crippen molar-refractivity contribution in [3.63, 3.8) is 0 Å². The van der Waals surface area contributed by atoms with E-state index in [-0.39, 0.29) is 11.5 Å². The summed E-state index contributed by atoms with van der Waals surface area (Å²) in [6, 6.07) is 0. The van der Waals surface area contributed by atoms with Crippen LogP contribution in [0.1, 0.15) is 1.43 Å². The molecule has 0 atom stereocenters. The Morgan fingerprint density at radius 3 is 1.33 bits per heavy atom. The van der Waals surface area contributed by atoms with Gasteiger partial charge in [0.25, 0.3) is 0 Å². The average molecular weight is 105 g/mol. The summed E-state index contributed by atoms with van der Waals surface area (Å²) in [6.07, 6.45) is 0. The Hall–Kier alpha value is 0.279. The van der Waals surface area contributed by atoms with Gasteiger partial charge in [-0.2, -0.15) is 7.82 Å². The first-order valence-electron chi connectivity index (χ1n) is 0.730. The molecule has 0 N–H and O–H groups in total. The molecule has 0 aromatic heterocycles. The molecule has 0 saturated heterocycles. The van der Waals surface area contributed by atoms with E-state index in [0.717, 1.165) is 0 Å². The number of hydrogen-bond donors (Lipinski definition) is 0. The van der Waals surface area contributed by atoms with Crippen LogP contribution >= 0.6 is 7.82 Å². The van der Waals surface area contributed by atoms with Crippen LogP contribution in [0.5, 0.6) is 0 Å². The van der Waals surface area contributed by atoms with Gasteiger partial charge in [0, 0.05) is 0 Å². The van der Waals surface area contributed by atoms with Gasteiger partial charge >= 0.3 is 11.5 Å². The zero-order valence-corrected chi connectivity index (χ0v) is 3.68. The van der Waals surface area contributed by atoms with E-state index in [9.17, 15) is 0 Å². The van der Waals surface area contributed by atoms with Gasteiger partial charge in [-0.1, -0.05) is 0 Å². The molecule has 6 heteroatoms. The third kappa shape index (κ3) is 592. The molecule has 4 nitrogen and oxygen atoms in total. The van der Waals surface area contributed by atoms with Gasteiger partial charge in [0.2, 0.25) is 0 Å². The maximum atomic E-state index is 8.55. The van der Waals surface area contributed by atoms with E-state index in [0.29, 0.717) is 0 Å². The maximum absolute atomic E-state index is 8.55. The molecule has 0 bridgehead atoms.